The van der Waals surface area contributed by atoms with Crippen LogP contribution in [0.1, 0.15) is 30.9 Å². The molecule has 4 rings (SSSR count). The second-order valence-electron chi connectivity index (χ2n) is 7.41. The van der Waals surface area contributed by atoms with E-state index < -0.39 is 0 Å². The first-order valence-corrected chi connectivity index (χ1v) is 10.6. The molecule has 0 radical (unpaired) electrons. The van der Waals surface area contributed by atoms with Crippen LogP contribution in [0.15, 0.2) is 36.7 Å². The monoisotopic (exact) mass is 401 g/mol. The molecular formula is C21H28ClN5O. The molecule has 1 aromatic carbocycles. The Balaban J connectivity index is 1.47. The van der Waals surface area contributed by atoms with Gasteiger partial charge in [0.2, 0.25) is 0 Å². The number of piperidine rings is 1. The van der Waals surface area contributed by atoms with Crippen molar-refractivity contribution in [1.82, 2.24) is 14.9 Å². The normalized spacial score (nSPS) is 19.4. The summed E-state index contributed by atoms with van der Waals surface area (Å²) in [5.41, 5.74) is 1.25. The Morgan fingerprint density at radius 3 is 2.50 bits per heavy atom. The van der Waals surface area contributed by atoms with Gasteiger partial charge in [-0.3, -0.25) is 4.90 Å². The van der Waals surface area contributed by atoms with Gasteiger partial charge in [-0.25, -0.2) is 9.97 Å². The third-order valence-electron chi connectivity index (χ3n) is 5.55. The van der Waals surface area contributed by atoms with E-state index in [-0.39, 0.29) is 6.04 Å². The summed E-state index contributed by atoms with van der Waals surface area (Å²) in [6, 6.07) is 10.5. The first-order valence-electron chi connectivity index (χ1n) is 10.2. The Labute approximate surface area is 171 Å². The summed E-state index contributed by atoms with van der Waals surface area (Å²) < 4.78 is 5.54. The number of morpholine rings is 1. The van der Waals surface area contributed by atoms with Crippen LogP contribution in [0.2, 0.25) is 5.02 Å². The minimum Gasteiger partial charge on any atom is -0.379 e. The molecule has 3 heterocycles. The molecule has 1 aromatic heterocycles. The average molecular weight is 402 g/mol. The maximum Gasteiger partial charge on any atom is 0.134 e. The molecule has 1 unspecified atom stereocenters. The molecule has 6 nitrogen and oxygen atoms in total. The molecule has 2 fully saturated rings. The Bertz CT molecular complexity index is 745. The Hall–Kier alpha value is -1.89. The van der Waals surface area contributed by atoms with Crippen LogP contribution in [0.25, 0.3) is 0 Å². The summed E-state index contributed by atoms with van der Waals surface area (Å²) in [5, 5.41) is 4.30. The SMILES string of the molecule is Clc1ccc(C(CNc2cc(N3CCCCC3)ncn2)N2CCOCC2)cc1. The molecule has 0 spiro atoms. The molecule has 0 bridgehead atoms. The molecule has 2 aliphatic heterocycles. The molecular weight excluding hydrogens is 374 g/mol. The van der Waals surface area contributed by atoms with Gasteiger partial charge in [-0.05, 0) is 37.0 Å². The van der Waals surface area contributed by atoms with Crippen molar-refractivity contribution < 1.29 is 4.74 Å². The van der Waals surface area contributed by atoms with E-state index in [2.05, 4.69) is 43.3 Å². The number of nitrogens with zero attached hydrogens (tertiary/aromatic N) is 4. The Morgan fingerprint density at radius 2 is 1.75 bits per heavy atom. The average Bonchev–Trinajstić information content (AvgIpc) is 2.77. The number of halogens is 1. The molecule has 0 saturated carbocycles. The van der Waals surface area contributed by atoms with Crippen LogP contribution < -0.4 is 10.2 Å². The highest BCUT2D eigenvalue weighted by Gasteiger charge is 2.23. The second-order valence-corrected chi connectivity index (χ2v) is 7.84. The molecule has 28 heavy (non-hydrogen) atoms. The van der Waals surface area contributed by atoms with Crippen molar-refractivity contribution in [2.45, 2.75) is 25.3 Å². The van der Waals surface area contributed by atoms with Gasteiger partial charge in [-0.1, -0.05) is 23.7 Å². The van der Waals surface area contributed by atoms with Gasteiger partial charge in [0.15, 0.2) is 0 Å². The summed E-state index contributed by atoms with van der Waals surface area (Å²) in [5.74, 6) is 1.90. The van der Waals surface area contributed by atoms with Crippen LogP contribution in [-0.4, -0.2) is 60.8 Å². The van der Waals surface area contributed by atoms with E-state index in [4.69, 9.17) is 16.3 Å². The zero-order valence-electron chi connectivity index (χ0n) is 16.2. The van der Waals surface area contributed by atoms with E-state index in [0.717, 1.165) is 62.6 Å². The zero-order valence-corrected chi connectivity index (χ0v) is 16.9. The first-order chi connectivity index (χ1) is 13.8. The van der Waals surface area contributed by atoms with Crippen LogP contribution in [-0.2, 0) is 4.74 Å². The fourth-order valence-electron chi connectivity index (χ4n) is 3.97. The first kappa shape index (κ1) is 19.4. The smallest absolute Gasteiger partial charge is 0.134 e. The number of nitrogens with one attached hydrogen (secondary N) is 1. The molecule has 2 aliphatic rings. The molecule has 7 heteroatoms. The summed E-state index contributed by atoms with van der Waals surface area (Å²) in [6.45, 7) is 6.34. The third-order valence-corrected chi connectivity index (χ3v) is 5.80. The summed E-state index contributed by atoms with van der Waals surface area (Å²) in [6.07, 6.45) is 5.46. The zero-order chi connectivity index (χ0) is 19.2. The number of aromatic nitrogens is 2. The van der Waals surface area contributed by atoms with Gasteiger partial charge in [-0.15, -0.1) is 0 Å². The van der Waals surface area contributed by atoms with Gasteiger partial charge in [0.25, 0.3) is 0 Å². The van der Waals surface area contributed by atoms with Crippen LogP contribution in [0.5, 0.6) is 0 Å². The predicted molar refractivity (Wildman–Crippen MR) is 113 cm³/mol. The van der Waals surface area contributed by atoms with Crippen molar-refractivity contribution in [2.24, 2.45) is 0 Å². The molecule has 0 aliphatic carbocycles. The molecule has 2 saturated heterocycles. The molecule has 0 amide bonds. The number of hydrogen-bond donors (Lipinski definition) is 1. The molecule has 1 atom stereocenters. The van der Waals surface area contributed by atoms with Gasteiger partial charge in [0.05, 0.1) is 19.3 Å². The van der Waals surface area contributed by atoms with Crippen molar-refractivity contribution in [1.29, 1.82) is 0 Å². The van der Waals surface area contributed by atoms with E-state index in [9.17, 15) is 0 Å². The van der Waals surface area contributed by atoms with E-state index in [1.54, 1.807) is 6.33 Å². The highest BCUT2D eigenvalue weighted by Crippen LogP contribution is 2.25. The second kappa shape index (κ2) is 9.54. The minimum absolute atomic E-state index is 0.245. The fraction of sp³-hybridized carbons (Fsp3) is 0.524. The number of rotatable bonds is 6. The predicted octanol–water partition coefficient (Wildman–Crippen LogP) is 3.61. The van der Waals surface area contributed by atoms with Gasteiger partial charge in [0, 0.05) is 43.8 Å². The number of benzene rings is 1. The molecule has 2 aromatic rings. The lowest BCUT2D eigenvalue weighted by molar-refractivity contribution is 0.0187. The van der Waals surface area contributed by atoms with E-state index >= 15 is 0 Å². The quantitative estimate of drug-likeness (QED) is 0.798. The maximum absolute atomic E-state index is 6.10. The van der Waals surface area contributed by atoms with Crippen molar-refractivity contribution in [2.75, 3.05) is 56.2 Å². The minimum atomic E-state index is 0.245. The Kier molecular flexibility index (Phi) is 6.62. The van der Waals surface area contributed by atoms with Crippen molar-refractivity contribution >= 4 is 23.2 Å². The Morgan fingerprint density at radius 1 is 1.00 bits per heavy atom. The highest BCUT2D eigenvalue weighted by molar-refractivity contribution is 6.30. The summed E-state index contributed by atoms with van der Waals surface area (Å²) >= 11 is 6.10. The van der Waals surface area contributed by atoms with Crippen molar-refractivity contribution in [3.63, 3.8) is 0 Å². The lowest BCUT2D eigenvalue weighted by atomic mass is 10.0. The van der Waals surface area contributed by atoms with Crippen molar-refractivity contribution in [3.8, 4) is 0 Å². The van der Waals surface area contributed by atoms with Gasteiger partial charge >= 0.3 is 0 Å². The topological polar surface area (TPSA) is 53.5 Å². The number of anilines is 2. The van der Waals surface area contributed by atoms with Crippen LogP contribution in [0, 0.1) is 0 Å². The summed E-state index contributed by atoms with van der Waals surface area (Å²) in [7, 11) is 0. The number of ether oxygens (including phenoxy) is 1. The lowest BCUT2D eigenvalue weighted by Gasteiger charge is -2.35. The van der Waals surface area contributed by atoms with Crippen molar-refractivity contribution in [3.05, 3.63) is 47.2 Å². The van der Waals surface area contributed by atoms with Gasteiger partial charge < -0.3 is 15.0 Å². The standard InChI is InChI=1S/C21H28ClN5O/c22-18-6-4-17(5-7-18)19(26-10-12-28-13-11-26)15-23-20-14-21(25-16-24-20)27-8-2-1-3-9-27/h4-7,14,16,19H,1-3,8-13,15H2,(H,23,24,25). The van der Waals surface area contributed by atoms with Gasteiger partial charge in [-0.2, -0.15) is 0 Å². The fourth-order valence-corrected chi connectivity index (χ4v) is 4.10. The number of hydrogen-bond acceptors (Lipinski definition) is 6. The third kappa shape index (κ3) is 4.93. The maximum atomic E-state index is 6.10. The molecule has 150 valence electrons. The van der Waals surface area contributed by atoms with E-state index in [1.165, 1.54) is 24.8 Å². The summed E-state index contributed by atoms with van der Waals surface area (Å²) in [4.78, 5) is 13.7. The lowest BCUT2D eigenvalue weighted by Crippen LogP contribution is -2.41. The van der Waals surface area contributed by atoms with E-state index in [0.29, 0.717) is 0 Å². The highest BCUT2D eigenvalue weighted by atomic mass is 35.5. The van der Waals surface area contributed by atoms with Gasteiger partial charge in [0.1, 0.15) is 18.0 Å². The molecule has 1 N–H and O–H groups in total. The van der Waals surface area contributed by atoms with Crippen LogP contribution in [0.4, 0.5) is 11.6 Å². The van der Waals surface area contributed by atoms with E-state index in [1.807, 2.05) is 12.1 Å². The van der Waals surface area contributed by atoms with Crippen LogP contribution >= 0.6 is 11.6 Å². The largest absolute Gasteiger partial charge is 0.379 e. The van der Waals surface area contributed by atoms with Crippen LogP contribution in [0.3, 0.4) is 0 Å².